The minimum absolute atomic E-state index is 0.522. The van der Waals surface area contributed by atoms with Crippen molar-refractivity contribution in [1.29, 1.82) is 0 Å². The minimum atomic E-state index is -1.22. The highest BCUT2D eigenvalue weighted by atomic mass is 79.9. The molecule has 3 heterocycles. The number of aromatic nitrogens is 3. The van der Waals surface area contributed by atoms with E-state index in [-0.39, 0.29) is 0 Å². The molecule has 1 aliphatic rings. The van der Waals surface area contributed by atoms with E-state index in [4.69, 9.17) is 19.7 Å². The Morgan fingerprint density at radius 3 is 2.83 bits per heavy atom. The quantitative estimate of drug-likeness (QED) is 0.296. The van der Waals surface area contributed by atoms with Crippen LogP contribution in [0.5, 0.6) is 11.5 Å². The fourth-order valence-corrected chi connectivity index (χ4v) is 4.45. The molecule has 3 N–H and O–H groups in total. The molecule has 5 rings (SSSR count). The van der Waals surface area contributed by atoms with Gasteiger partial charge in [0.15, 0.2) is 23.4 Å². The van der Waals surface area contributed by atoms with Crippen molar-refractivity contribution in [3.05, 3.63) is 58.7 Å². The maximum atomic E-state index is 11.1. The van der Waals surface area contributed by atoms with Gasteiger partial charge >= 0.3 is 5.97 Å². The summed E-state index contributed by atoms with van der Waals surface area (Å²) >= 11 is 3.73. The van der Waals surface area contributed by atoms with Gasteiger partial charge in [-0.05, 0) is 51.3 Å². The fourth-order valence-electron chi connectivity index (χ4n) is 3.86. The molecule has 0 amide bonds. The van der Waals surface area contributed by atoms with Crippen LogP contribution >= 0.6 is 15.9 Å². The summed E-state index contributed by atoms with van der Waals surface area (Å²) in [7, 11) is 1.80. The first-order valence-corrected chi connectivity index (χ1v) is 11.9. The van der Waals surface area contributed by atoms with Crippen molar-refractivity contribution in [1.82, 2.24) is 14.8 Å². The van der Waals surface area contributed by atoms with Gasteiger partial charge in [-0.25, -0.2) is 9.78 Å². The summed E-state index contributed by atoms with van der Waals surface area (Å²) in [5.41, 5.74) is 4.73. The number of halogens is 1. The Morgan fingerprint density at radius 1 is 1.25 bits per heavy atom. The van der Waals surface area contributed by atoms with E-state index in [1.807, 2.05) is 36.4 Å². The van der Waals surface area contributed by atoms with Gasteiger partial charge in [-0.2, -0.15) is 5.10 Å². The fraction of sp³-hybridized carbons (Fsp3) is 0.200. The summed E-state index contributed by atoms with van der Waals surface area (Å²) in [6, 6.07) is 12.4. The minimum Gasteiger partial charge on any atom is -0.486 e. The standard InChI is InChI=1S/C25H22BrN5O5/c1-31-19-9-14(11-27-18(13-32)25(33)34)12-28-23(19)24(30-31)29-17-4-2-3-16(22(17)26)15-5-6-20-21(10-15)36-8-7-35-20/h2-6,9-12,18,32H,7-8,13H2,1H3,(H,29,30)(H,33,34)/t18-/m0/s1. The number of nitrogens with one attached hydrogen (secondary N) is 1. The lowest BCUT2D eigenvalue weighted by Crippen LogP contribution is -2.22. The smallest absolute Gasteiger partial charge is 0.330 e. The molecule has 0 bridgehead atoms. The Balaban J connectivity index is 1.44. The lowest BCUT2D eigenvalue weighted by atomic mass is 10.0. The van der Waals surface area contributed by atoms with Crippen LogP contribution in [0.4, 0.5) is 11.5 Å². The second-order valence-electron chi connectivity index (χ2n) is 8.07. The van der Waals surface area contributed by atoms with E-state index in [1.165, 1.54) is 6.21 Å². The first-order valence-electron chi connectivity index (χ1n) is 11.1. The van der Waals surface area contributed by atoms with Crippen LogP contribution in [0.3, 0.4) is 0 Å². The van der Waals surface area contributed by atoms with E-state index in [9.17, 15) is 4.79 Å². The summed E-state index contributed by atoms with van der Waals surface area (Å²) < 4.78 is 13.9. The molecule has 11 heteroatoms. The molecule has 2 aromatic heterocycles. The number of carbonyl (C=O) groups is 1. The molecular weight excluding hydrogens is 530 g/mol. The molecule has 0 saturated heterocycles. The third-order valence-electron chi connectivity index (χ3n) is 5.68. The van der Waals surface area contributed by atoms with Gasteiger partial charge in [0.05, 0.1) is 17.8 Å². The van der Waals surface area contributed by atoms with Gasteiger partial charge in [0.2, 0.25) is 0 Å². The van der Waals surface area contributed by atoms with Gasteiger partial charge in [-0.15, -0.1) is 0 Å². The molecule has 2 aromatic carbocycles. The molecule has 0 fully saturated rings. The Hall–Kier alpha value is -3.96. The number of hydrogen-bond donors (Lipinski definition) is 3. The van der Waals surface area contributed by atoms with E-state index >= 15 is 0 Å². The van der Waals surface area contributed by atoms with Crippen molar-refractivity contribution >= 4 is 50.7 Å². The van der Waals surface area contributed by atoms with E-state index in [2.05, 4.69) is 36.3 Å². The predicted octanol–water partition coefficient (Wildman–Crippen LogP) is 3.78. The molecule has 36 heavy (non-hydrogen) atoms. The SMILES string of the molecule is Cn1nc(Nc2cccc(-c3ccc4c(c3)OCCO4)c2Br)c2ncc(C=N[C@@H](CO)C(=O)O)cc21. The predicted molar refractivity (Wildman–Crippen MR) is 138 cm³/mol. The van der Waals surface area contributed by atoms with E-state index in [0.717, 1.165) is 38.3 Å². The number of aliphatic imine (C=N–C) groups is 1. The van der Waals surface area contributed by atoms with Crippen molar-refractivity contribution < 1.29 is 24.5 Å². The average Bonchev–Trinajstić information content (AvgIpc) is 3.19. The third kappa shape index (κ3) is 4.62. The lowest BCUT2D eigenvalue weighted by Gasteiger charge is -2.19. The Kier molecular flexibility index (Phi) is 6.57. The zero-order valence-electron chi connectivity index (χ0n) is 19.2. The summed E-state index contributed by atoms with van der Waals surface area (Å²) in [6.45, 7) is 0.483. The molecule has 10 nitrogen and oxygen atoms in total. The number of rotatable bonds is 7. The summed E-state index contributed by atoms with van der Waals surface area (Å²) in [5, 5.41) is 26.1. The molecule has 0 saturated carbocycles. The Bertz CT molecular complexity index is 1490. The van der Waals surface area contributed by atoms with Crippen molar-refractivity contribution in [2.45, 2.75) is 6.04 Å². The number of pyridine rings is 1. The number of anilines is 2. The largest absolute Gasteiger partial charge is 0.486 e. The zero-order valence-corrected chi connectivity index (χ0v) is 20.8. The number of carboxylic acids is 1. The van der Waals surface area contributed by atoms with Crippen molar-refractivity contribution in [3.63, 3.8) is 0 Å². The van der Waals surface area contributed by atoms with Crippen molar-refractivity contribution in [2.24, 2.45) is 12.0 Å². The Morgan fingerprint density at radius 2 is 2.06 bits per heavy atom. The molecule has 0 radical (unpaired) electrons. The van der Waals surface area contributed by atoms with E-state index < -0.39 is 18.6 Å². The molecule has 0 unspecified atom stereocenters. The molecule has 1 atom stereocenters. The van der Waals surface area contributed by atoms with Crippen LogP contribution in [0.1, 0.15) is 5.56 Å². The summed E-state index contributed by atoms with van der Waals surface area (Å²) in [4.78, 5) is 19.5. The van der Waals surface area contributed by atoms with E-state index in [1.54, 1.807) is 24.0 Å². The highest BCUT2D eigenvalue weighted by Crippen LogP contribution is 2.40. The number of ether oxygens (including phenoxy) is 2. The maximum absolute atomic E-state index is 11.1. The normalized spacial score (nSPS) is 13.8. The molecule has 0 aliphatic carbocycles. The van der Waals surface area contributed by atoms with Crippen molar-refractivity contribution in [2.75, 3.05) is 25.1 Å². The van der Waals surface area contributed by atoms with Crippen LogP contribution in [0.15, 0.2) is 58.1 Å². The number of nitrogens with zero attached hydrogens (tertiary/aromatic N) is 4. The average molecular weight is 552 g/mol. The number of aliphatic hydroxyl groups is 1. The molecule has 4 aromatic rings. The van der Waals surface area contributed by atoms with Gasteiger partial charge in [0.25, 0.3) is 0 Å². The topological polar surface area (TPSA) is 131 Å². The number of carboxylic acid groups (broad SMARTS) is 1. The summed E-state index contributed by atoms with van der Waals surface area (Å²) in [6.07, 6.45) is 2.96. The number of aryl methyl sites for hydroxylation is 1. The van der Waals surface area contributed by atoms with Crippen LogP contribution in [-0.4, -0.2) is 63.0 Å². The highest BCUT2D eigenvalue weighted by molar-refractivity contribution is 9.10. The highest BCUT2D eigenvalue weighted by Gasteiger charge is 2.17. The van der Waals surface area contributed by atoms with Crippen LogP contribution < -0.4 is 14.8 Å². The van der Waals surface area contributed by atoms with Gasteiger partial charge in [0, 0.05) is 29.5 Å². The van der Waals surface area contributed by atoms with Crippen LogP contribution in [0.2, 0.25) is 0 Å². The Labute approximate surface area is 214 Å². The zero-order chi connectivity index (χ0) is 25.2. The van der Waals surface area contributed by atoms with Gasteiger partial charge < -0.3 is 25.0 Å². The van der Waals surface area contributed by atoms with Gasteiger partial charge in [-0.3, -0.25) is 9.67 Å². The number of aliphatic hydroxyl groups excluding tert-OH is 1. The van der Waals surface area contributed by atoms with Crippen LogP contribution in [-0.2, 0) is 11.8 Å². The maximum Gasteiger partial charge on any atom is 0.330 e. The molecule has 0 spiro atoms. The lowest BCUT2D eigenvalue weighted by molar-refractivity contribution is -0.139. The number of fused-ring (bicyclic) bond motifs is 2. The molecule has 1 aliphatic heterocycles. The molecule has 184 valence electrons. The number of benzene rings is 2. The van der Waals surface area contributed by atoms with E-state index in [0.29, 0.717) is 30.1 Å². The summed E-state index contributed by atoms with van der Waals surface area (Å²) in [5.74, 6) is 0.825. The third-order valence-corrected chi connectivity index (χ3v) is 6.53. The first-order chi connectivity index (χ1) is 17.4. The van der Waals surface area contributed by atoms with Gasteiger partial charge in [-0.1, -0.05) is 18.2 Å². The first kappa shape index (κ1) is 23.8. The number of aliphatic carboxylic acids is 1. The van der Waals surface area contributed by atoms with Crippen LogP contribution in [0, 0.1) is 0 Å². The van der Waals surface area contributed by atoms with Crippen molar-refractivity contribution in [3.8, 4) is 22.6 Å². The second-order valence-corrected chi connectivity index (χ2v) is 8.87. The number of hydrogen-bond acceptors (Lipinski definition) is 8. The monoisotopic (exact) mass is 551 g/mol. The van der Waals surface area contributed by atoms with Gasteiger partial charge in [0.1, 0.15) is 18.7 Å². The molecular formula is C25H22BrN5O5. The van der Waals surface area contributed by atoms with Crippen LogP contribution in [0.25, 0.3) is 22.2 Å². The second kappa shape index (κ2) is 9.96.